The molecule has 0 fully saturated rings. The molecule has 6 nitrogen and oxygen atoms in total. The number of anilines is 2. The Morgan fingerprint density at radius 3 is 2.32 bits per heavy atom. The van der Waals surface area contributed by atoms with E-state index in [2.05, 4.69) is 22.5 Å². The van der Waals surface area contributed by atoms with Crippen LogP contribution in [-0.2, 0) is 13.0 Å². The number of hydrogen-bond donors (Lipinski definition) is 2. The van der Waals surface area contributed by atoms with Crippen molar-refractivity contribution in [2.75, 3.05) is 10.6 Å². The Bertz CT molecular complexity index is 1320. The highest BCUT2D eigenvalue weighted by Gasteiger charge is 2.11. The summed E-state index contributed by atoms with van der Waals surface area (Å²) < 4.78 is 1.86. The highest BCUT2D eigenvalue weighted by molar-refractivity contribution is 6.04. The number of benzene rings is 3. The van der Waals surface area contributed by atoms with Crippen LogP contribution >= 0.6 is 0 Å². The fourth-order valence-electron chi connectivity index (χ4n) is 3.62. The Kier molecular flexibility index (Phi) is 6.87. The van der Waals surface area contributed by atoms with Gasteiger partial charge in [-0.1, -0.05) is 37.3 Å². The third kappa shape index (κ3) is 5.59. The highest BCUT2D eigenvalue weighted by atomic mass is 16.2. The molecule has 4 aromatic rings. The molecule has 0 aliphatic heterocycles. The van der Waals surface area contributed by atoms with Gasteiger partial charge in [0, 0.05) is 29.7 Å². The largest absolute Gasteiger partial charge is 0.332 e. The molecule has 1 heterocycles. The number of hydrogen-bond acceptors (Lipinski definition) is 3. The van der Waals surface area contributed by atoms with E-state index < -0.39 is 0 Å². The van der Waals surface area contributed by atoms with Crippen molar-refractivity contribution in [1.82, 2.24) is 9.55 Å². The first-order valence-electron chi connectivity index (χ1n) is 11.3. The summed E-state index contributed by atoms with van der Waals surface area (Å²) in [5, 5.41) is 5.84. The second-order valence-corrected chi connectivity index (χ2v) is 8.39. The van der Waals surface area contributed by atoms with Crippen LogP contribution in [-0.4, -0.2) is 21.4 Å². The quantitative estimate of drug-likeness (QED) is 0.382. The average Bonchev–Trinajstić information content (AvgIpc) is 3.31. The van der Waals surface area contributed by atoms with Crippen LogP contribution < -0.4 is 10.6 Å². The highest BCUT2D eigenvalue weighted by Crippen LogP contribution is 2.16. The molecule has 0 saturated heterocycles. The van der Waals surface area contributed by atoms with E-state index in [0.717, 1.165) is 40.0 Å². The molecule has 0 bridgehead atoms. The normalized spacial score (nSPS) is 10.7. The molecular weight excluding hydrogens is 424 g/mol. The van der Waals surface area contributed by atoms with Gasteiger partial charge in [-0.3, -0.25) is 9.59 Å². The lowest BCUT2D eigenvalue weighted by Gasteiger charge is -2.08. The van der Waals surface area contributed by atoms with E-state index in [4.69, 9.17) is 0 Å². The zero-order valence-corrected chi connectivity index (χ0v) is 19.6. The molecule has 4 rings (SSSR count). The molecule has 0 unspecified atom stereocenters. The van der Waals surface area contributed by atoms with Crippen LogP contribution in [0.2, 0.25) is 0 Å². The third-order valence-electron chi connectivity index (χ3n) is 5.81. The minimum Gasteiger partial charge on any atom is -0.332 e. The lowest BCUT2D eigenvalue weighted by molar-refractivity contribution is 0.101. The average molecular weight is 453 g/mol. The number of rotatable bonds is 7. The van der Waals surface area contributed by atoms with Crippen molar-refractivity contribution < 1.29 is 9.59 Å². The van der Waals surface area contributed by atoms with E-state index in [1.165, 1.54) is 0 Å². The first-order valence-corrected chi connectivity index (χ1v) is 11.3. The van der Waals surface area contributed by atoms with Gasteiger partial charge in [-0.25, -0.2) is 4.98 Å². The smallest absolute Gasteiger partial charge is 0.275 e. The fraction of sp³-hybridized carbons (Fsp3) is 0.179. The SMILES string of the molecule is CCc1cccc(NC(=O)c2cn(Cc3ccc(NC(=O)c4ccc(C)c(C)c4)cc3)cn2)c1. The van der Waals surface area contributed by atoms with Crippen LogP contribution in [0.3, 0.4) is 0 Å². The van der Waals surface area contributed by atoms with Crippen LogP contribution in [0, 0.1) is 13.8 Å². The number of aryl methyl sites for hydroxylation is 3. The molecule has 1 aromatic heterocycles. The number of nitrogens with one attached hydrogen (secondary N) is 2. The summed E-state index contributed by atoms with van der Waals surface area (Å²) >= 11 is 0. The maximum atomic E-state index is 12.6. The molecule has 0 radical (unpaired) electrons. The summed E-state index contributed by atoms with van der Waals surface area (Å²) in [4.78, 5) is 29.3. The molecule has 2 amide bonds. The summed E-state index contributed by atoms with van der Waals surface area (Å²) in [7, 11) is 0. The van der Waals surface area contributed by atoms with E-state index in [-0.39, 0.29) is 11.8 Å². The van der Waals surface area contributed by atoms with Gasteiger partial charge in [-0.2, -0.15) is 0 Å². The maximum absolute atomic E-state index is 12.6. The molecule has 172 valence electrons. The van der Waals surface area contributed by atoms with Gasteiger partial charge in [0.2, 0.25) is 0 Å². The Balaban J connectivity index is 1.36. The van der Waals surface area contributed by atoms with Crippen molar-refractivity contribution in [1.29, 1.82) is 0 Å². The van der Waals surface area contributed by atoms with Gasteiger partial charge >= 0.3 is 0 Å². The van der Waals surface area contributed by atoms with Gasteiger partial charge in [0.25, 0.3) is 11.8 Å². The molecule has 3 aromatic carbocycles. The zero-order chi connectivity index (χ0) is 24.1. The number of aromatic nitrogens is 2. The number of nitrogens with zero attached hydrogens (tertiary/aromatic N) is 2. The Morgan fingerprint density at radius 2 is 1.59 bits per heavy atom. The van der Waals surface area contributed by atoms with Gasteiger partial charge in [-0.05, 0) is 78.9 Å². The van der Waals surface area contributed by atoms with E-state index in [9.17, 15) is 9.59 Å². The molecule has 6 heteroatoms. The molecule has 0 saturated carbocycles. The predicted molar refractivity (Wildman–Crippen MR) is 135 cm³/mol. The Labute approximate surface area is 199 Å². The summed E-state index contributed by atoms with van der Waals surface area (Å²) in [6.07, 6.45) is 4.29. The van der Waals surface area contributed by atoms with Crippen molar-refractivity contribution in [3.63, 3.8) is 0 Å². The second-order valence-electron chi connectivity index (χ2n) is 8.39. The van der Waals surface area contributed by atoms with Crippen molar-refractivity contribution in [3.8, 4) is 0 Å². The number of imidazole rings is 1. The van der Waals surface area contributed by atoms with Gasteiger partial charge in [-0.15, -0.1) is 0 Å². The zero-order valence-electron chi connectivity index (χ0n) is 19.6. The van der Waals surface area contributed by atoms with Crippen LogP contribution in [0.5, 0.6) is 0 Å². The molecule has 0 atom stereocenters. The topological polar surface area (TPSA) is 76.0 Å². The minimum absolute atomic E-state index is 0.134. The van der Waals surface area contributed by atoms with Crippen LogP contribution in [0.25, 0.3) is 0 Å². The van der Waals surface area contributed by atoms with E-state index in [0.29, 0.717) is 17.8 Å². The van der Waals surface area contributed by atoms with Crippen molar-refractivity contribution in [3.05, 3.63) is 113 Å². The van der Waals surface area contributed by atoms with Gasteiger partial charge in [0.1, 0.15) is 5.69 Å². The summed E-state index contributed by atoms with van der Waals surface area (Å²) in [6, 6.07) is 21.1. The van der Waals surface area contributed by atoms with Crippen LogP contribution in [0.4, 0.5) is 11.4 Å². The number of carbonyl (C=O) groups excluding carboxylic acids is 2. The Morgan fingerprint density at radius 1 is 0.824 bits per heavy atom. The summed E-state index contributed by atoms with van der Waals surface area (Å²) in [6.45, 7) is 6.66. The van der Waals surface area contributed by atoms with E-state index in [1.54, 1.807) is 12.5 Å². The first kappa shape index (κ1) is 23.0. The standard InChI is InChI=1S/C28H28N4O2/c1-4-21-6-5-7-25(15-21)31-28(34)26-17-32(18-29-26)16-22-9-12-24(13-10-22)30-27(33)23-11-8-19(2)20(3)14-23/h5-15,17-18H,4,16H2,1-3H3,(H,30,33)(H,31,34). The second kappa shape index (κ2) is 10.2. The van der Waals surface area contributed by atoms with Crippen molar-refractivity contribution >= 4 is 23.2 Å². The molecule has 0 spiro atoms. The molecule has 2 N–H and O–H groups in total. The maximum Gasteiger partial charge on any atom is 0.275 e. The van der Waals surface area contributed by atoms with Crippen molar-refractivity contribution in [2.24, 2.45) is 0 Å². The third-order valence-corrected chi connectivity index (χ3v) is 5.81. The van der Waals surface area contributed by atoms with Crippen molar-refractivity contribution in [2.45, 2.75) is 33.7 Å². The summed E-state index contributed by atoms with van der Waals surface area (Å²) in [5.74, 6) is -0.373. The first-order chi connectivity index (χ1) is 16.4. The molecule has 0 aliphatic carbocycles. The van der Waals surface area contributed by atoms with Gasteiger partial charge in [0.05, 0.1) is 6.33 Å². The molecular formula is C28H28N4O2. The predicted octanol–water partition coefficient (Wildman–Crippen LogP) is 5.62. The number of amides is 2. The summed E-state index contributed by atoms with van der Waals surface area (Å²) in [5.41, 5.74) is 6.93. The van der Waals surface area contributed by atoms with Crippen LogP contribution in [0.1, 0.15) is 50.0 Å². The lowest BCUT2D eigenvalue weighted by atomic mass is 10.1. The van der Waals surface area contributed by atoms with Gasteiger partial charge < -0.3 is 15.2 Å². The van der Waals surface area contributed by atoms with E-state index >= 15 is 0 Å². The van der Waals surface area contributed by atoms with Gasteiger partial charge in [0.15, 0.2) is 0 Å². The molecule has 34 heavy (non-hydrogen) atoms. The lowest BCUT2D eigenvalue weighted by Crippen LogP contribution is -2.12. The van der Waals surface area contributed by atoms with Crippen LogP contribution in [0.15, 0.2) is 79.3 Å². The number of carbonyl (C=O) groups is 2. The molecule has 0 aliphatic rings. The minimum atomic E-state index is -0.239. The monoisotopic (exact) mass is 452 g/mol. The Hall–Kier alpha value is -4.19. The fourth-order valence-corrected chi connectivity index (χ4v) is 3.62. The van der Waals surface area contributed by atoms with E-state index in [1.807, 2.05) is 85.1 Å².